The van der Waals surface area contributed by atoms with Crippen LogP contribution in [0, 0.1) is 0 Å². The minimum atomic E-state index is -0.914. The lowest BCUT2D eigenvalue weighted by atomic mass is 9.94. The number of carbonyl (C=O) groups excluding carboxylic acids is 1. The van der Waals surface area contributed by atoms with Gasteiger partial charge in [-0.2, -0.15) is 0 Å². The molecule has 0 bridgehead atoms. The van der Waals surface area contributed by atoms with Gasteiger partial charge >= 0.3 is 0 Å². The number of hydrogen-bond donors (Lipinski definition) is 2. The van der Waals surface area contributed by atoms with Crippen molar-refractivity contribution in [2.45, 2.75) is 18.4 Å². The van der Waals surface area contributed by atoms with Gasteiger partial charge in [0.2, 0.25) is 0 Å². The zero-order chi connectivity index (χ0) is 15.3. The Balaban J connectivity index is 2.09. The van der Waals surface area contributed by atoms with Crippen LogP contribution < -0.4 is 14.8 Å². The van der Waals surface area contributed by atoms with Crippen LogP contribution in [0.2, 0.25) is 0 Å². The molecular weight excluding hydrogens is 274 g/mol. The molecule has 1 aliphatic heterocycles. The van der Waals surface area contributed by atoms with Crippen LogP contribution in [0.25, 0.3) is 0 Å². The number of carbonyl (C=O) groups is 1. The molecule has 1 heterocycles. The molecule has 1 fully saturated rings. The van der Waals surface area contributed by atoms with Crippen molar-refractivity contribution < 1.29 is 24.1 Å². The minimum Gasteiger partial charge on any atom is -0.496 e. The molecule has 2 rings (SSSR count). The number of rotatable bonds is 5. The fourth-order valence-electron chi connectivity index (χ4n) is 2.34. The second-order valence-corrected chi connectivity index (χ2v) is 5.06. The molecule has 21 heavy (non-hydrogen) atoms. The average Bonchev–Trinajstić information content (AvgIpc) is 2.52. The number of amides is 1. The van der Waals surface area contributed by atoms with Gasteiger partial charge in [0.1, 0.15) is 17.1 Å². The van der Waals surface area contributed by atoms with Gasteiger partial charge in [0.25, 0.3) is 5.91 Å². The molecule has 6 nitrogen and oxygen atoms in total. The van der Waals surface area contributed by atoms with Crippen molar-refractivity contribution in [1.82, 2.24) is 5.32 Å². The Kier molecular flexibility index (Phi) is 5.03. The summed E-state index contributed by atoms with van der Waals surface area (Å²) in [4.78, 5) is 12.4. The number of hydrogen-bond acceptors (Lipinski definition) is 5. The van der Waals surface area contributed by atoms with E-state index >= 15 is 0 Å². The van der Waals surface area contributed by atoms with Gasteiger partial charge in [0, 0.05) is 32.6 Å². The van der Waals surface area contributed by atoms with E-state index in [4.69, 9.17) is 14.2 Å². The van der Waals surface area contributed by atoms with Gasteiger partial charge in [-0.25, -0.2) is 0 Å². The summed E-state index contributed by atoms with van der Waals surface area (Å²) in [5, 5.41) is 13.1. The third kappa shape index (κ3) is 3.65. The van der Waals surface area contributed by atoms with Crippen molar-refractivity contribution in [3.8, 4) is 11.5 Å². The highest BCUT2D eigenvalue weighted by Crippen LogP contribution is 2.28. The number of aliphatic hydroxyl groups is 1. The van der Waals surface area contributed by atoms with Crippen LogP contribution >= 0.6 is 0 Å². The van der Waals surface area contributed by atoms with E-state index in [1.54, 1.807) is 18.2 Å². The Morgan fingerprint density at radius 3 is 2.38 bits per heavy atom. The molecule has 0 radical (unpaired) electrons. The van der Waals surface area contributed by atoms with Crippen molar-refractivity contribution >= 4 is 5.91 Å². The number of nitrogens with one attached hydrogen (secondary N) is 1. The Morgan fingerprint density at radius 1 is 1.29 bits per heavy atom. The van der Waals surface area contributed by atoms with Crippen LogP contribution in [-0.2, 0) is 4.74 Å². The molecule has 1 saturated heterocycles. The standard InChI is InChI=1S/C15H21NO5/c1-19-11-4-3-5-12(20-2)13(11)14(17)16-10-15(18)6-8-21-9-7-15/h3-5,18H,6-10H2,1-2H3,(H,16,17). The first kappa shape index (κ1) is 15.6. The summed E-state index contributed by atoms with van der Waals surface area (Å²) in [7, 11) is 3.00. The van der Waals surface area contributed by atoms with E-state index in [1.807, 2.05) is 0 Å². The molecule has 6 heteroatoms. The molecule has 0 saturated carbocycles. The van der Waals surface area contributed by atoms with Gasteiger partial charge in [-0.15, -0.1) is 0 Å². The molecule has 0 spiro atoms. The molecule has 1 aromatic carbocycles. The molecule has 0 aliphatic carbocycles. The Bertz CT molecular complexity index is 475. The molecule has 0 aromatic heterocycles. The second kappa shape index (κ2) is 6.78. The normalized spacial score (nSPS) is 17.1. The van der Waals surface area contributed by atoms with E-state index in [1.165, 1.54) is 14.2 Å². The highest BCUT2D eigenvalue weighted by Gasteiger charge is 2.31. The molecule has 0 atom stereocenters. The summed E-state index contributed by atoms with van der Waals surface area (Å²) < 4.78 is 15.6. The zero-order valence-electron chi connectivity index (χ0n) is 12.3. The molecule has 0 unspecified atom stereocenters. The van der Waals surface area contributed by atoms with Crippen LogP contribution in [0.15, 0.2) is 18.2 Å². The van der Waals surface area contributed by atoms with Crippen molar-refractivity contribution in [3.63, 3.8) is 0 Å². The first-order valence-electron chi connectivity index (χ1n) is 6.89. The fourth-order valence-corrected chi connectivity index (χ4v) is 2.34. The summed E-state index contributed by atoms with van der Waals surface area (Å²) in [6.07, 6.45) is 1.02. The first-order valence-corrected chi connectivity index (χ1v) is 6.89. The van der Waals surface area contributed by atoms with E-state index in [2.05, 4.69) is 5.32 Å². The Hall–Kier alpha value is -1.79. The van der Waals surface area contributed by atoms with E-state index in [-0.39, 0.29) is 12.5 Å². The van der Waals surface area contributed by atoms with Crippen molar-refractivity contribution in [2.75, 3.05) is 34.0 Å². The summed E-state index contributed by atoms with van der Waals surface area (Å²) >= 11 is 0. The predicted molar refractivity (Wildman–Crippen MR) is 76.9 cm³/mol. The number of benzene rings is 1. The summed E-state index contributed by atoms with van der Waals surface area (Å²) in [6.45, 7) is 1.19. The van der Waals surface area contributed by atoms with Crippen LogP contribution in [0.3, 0.4) is 0 Å². The lowest BCUT2D eigenvalue weighted by Gasteiger charge is -2.32. The number of methoxy groups -OCH3 is 2. The van der Waals surface area contributed by atoms with Gasteiger partial charge in [0.05, 0.1) is 19.8 Å². The fraction of sp³-hybridized carbons (Fsp3) is 0.533. The van der Waals surface area contributed by atoms with E-state index in [9.17, 15) is 9.90 Å². The molecule has 1 aromatic rings. The van der Waals surface area contributed by atoms with E-state index in [0.29, 0.717) is 43.1 Å². The third-order valence-electron chi connectivity index (χ3n) is 3.66. The van der Waals surface area contributed by atoms with Gasteiger partial charge in [-0.1, -0.05) is 6.07 Å². The summed E-state index contributed by atoms with van der Waals surface area (Å²) in [6, 6.07) is 5.14. The molecular formula is C15H21NO5. The van der Waals surface area contributed by atoms with Gasteiger partial charge in [-0.05, 0) is 12.1 Å². The smallest absolute Gasteiger partial charge is 0.258 e. The van der Waals surface area contributed by atoms with Crippen LogP contribution in [0.1, 0.15) is 23.2 Å². The maximum atomic E-state index is 12.4. The monoisotopic (exact) mass is 295 g/mol. The topological polar surface area (TPSA) is 77.0 Å². The largest absolute Gasteiger partial charge is 0.496 e. The predicted octanol–water partition coefficient (Wildman–Crippen LogP) is 0.975. The van der Waals surface area contributed by atoms with Gasteiger partial charge in [-0.3, -0.25) is 4.79 Å². The minimum absolute atomic E-state index is 0.177. The molecule has 2 N–H and O–H groups in total. The Labute approximate surface area is 124 Å². The SMILES string of the molecule is COc1cccc(OC)c1C(=O)NCC1(O)CCOCC1. The highest BCUT2D eigenvalue weighted by atomic mass is 16.5. The van der Waals surface area contributed by atoms with Gasteiger partial charge in [0.15, 0.2) is 0 Å². The number of ether oxygens (including phenoxy) is 3. The van der Waals surface area contributed by atoms with Crippen molar-refractivity contribution in [2.24, 2.45) is 0 Å². The zero-order valence-corrected chi connectivity index (χ0v) is 12.3. The molecule has 116 valence electrons. The Morgan fingerprint density at radius 2 is 1.86 bits per heavy atom. The van der Waals surface area contributed by atoms with Gasteiger partial charge < -0.3 is 24.6 Å². The lowest BCUT2D eigenvalue weighted by Crippen LogP contribution is -2.46. The second-order valence-electron chi connectivity index (χ2n) is 5.06. The maximum Gasteiger partial charge on any atom is 0.258 e. The maximum absolute atomic E-state index is 12.4. The average molecular weight is 295 g/mol. The van der Waals surface area contributed by atoms with Crippen molar-refractivity contribution in [1.29, 1.82) is 0 Å². The summed E-state index contributed by atoms with van der Waals surface area (Å²) in [5.74, 6) is 0.542. The summed E-state index contributed by atoms with van der Waals surface area (Å²) in [5.41, 5.74) is -0.582. The first-order chi connectivity index (χ1) is 10.1. The van der Waals surface area contributed by atoms with Crippen molar-refractivity contribution in [3.05, 3.63) is 23.8 Å². The lowest BCUT2D eigenvalue weighted by molar-refractivity contribution is -0.0605. The molecule has 1 aliphatic rings. The third-order valence-corrected chi connectivity index (χ3v) is 3.66. The van der Waals surface area contributed by atoms with Crippen LogP contribution in [-0.4, -0.2) is 50.6 Å². The van der Waals surface area contributed by atoms with Crippen LogP contribution in [0.4, 0.5) is 0 Å². The molecule has 1 amide bonds. The van der Waals surface area contributed by atoms with Crippen LogP contribution in [0.5, 0.6) is 11.5 Å². The highest BCUT2D eigenvalue weighted by molar-refractivity contribution is 5.99. The quantitative estimate of drug-likeness (QED) is 0.846. The van der Waals surface area contributed by atoms with E-state index in [0.717, 1.165) is 0 Å². The van der Waals surface area contributed by atoms with E-state index < -0.39 is 5.60 Å².